The molecule has 2 N–H and O–H groups in total. The van der Waals surface area contributed by atoms with Gasteiger partial charge in [-0.2, -0.15) is 0 Å². The molecule has 3 atom stereocenters. The predicted molar refractivity (Wildman–Crippen MR) is 78.1 cm³/mol. The van der Waals surface area contributed by atoms with Crippen molar-refractivity contribution < 1.29 is 4.74 Å². The third-order valence-electron chi connectivity index (χ3n) is 5.24. The van der Waals surface area contributed by atoms with Gasteiger partial charge in [-0.1, -0.05) is 37.3 Å². The second-order valence-electron chi connectivity index (χ2n) is 6.41. The van der Waals surface area contributed by atoms with Gasteiger partial charge < -0.3 is 10.5 Å². The molecule has 0 bridgehead atoms. The van der Waals surface area contributed by atoms with Crippen molar-refractivity contribution in [3.8, 4) is 0 Å². The Kier molecular flexibility index (Phi) is 3.64. The average molecular weight is 259 g/mol. The first-order chi connectivity index (χ1) is 9.20. The first-order valence-electron chi connectivity index (χ1n) is 7.65. The van der Waals surface area contributed by atoms with Gasteiger partial charge in [-0.15, -0.1) is 0 Å². The molecule has 0 aromatic heterocycles. The predicted octanol–water partition coefficient (Wildman–Crippen LogP) is 3.47. The van der Waals surface area contributed by atoms with Crippen LogP contribution in [0.1, 0.15) is 50.5 Å². The Hall–Kier alpha value is -0.860. The molecule has 0 radical (unpaired) electrons. The van der Waals surface area contributed by atoms with E-state index in [1.54, 1.807) is 0 Å². The van der Waals surface area contributed by atoms with Gasteiger partial charge in [-0.25, -0.2) is 0 Å². The first kappa shape index (κ1) is 13.1. The molecule has 3 unspecified atom stereocenters. The monoisotopic (exact) mass is 259 g/mol. The Balaban J connectivity index is 1.67. The standard InChI is InChI=1S/C17H25NO/c1-13(14-6-3-2-4-7-14)16(18)15-8-11-19-17(12-15)9-5-10-17/h2-4,6-7,13,15-16H,5,8-12,18H2,1H3. The Morgan fingerprint density at radius 2 is 2.00 bits per heavy atom. The van der Waals surface area contributed by atoms with E-state index in [4.69, 9.17) is 10.5 Å². The summed E-state index contributed by atoms with van der Waals surface area (Å²) in [4.78, 5) is 0. The lowest BCUT2D eigenvalue weighted by Gasteiger charge is -2.49. The van der Waals surface area contributed by atoms with E-state index < -0.39 is 0 Å². The van der Waals surface area contributed by atoms with Crippen molar-refractivity contribution in [2.24, 2.45) is 11.7 Å². The number of hydrogen-bond donors (Lipinski definition) is 1. The van der Waals surface area contributed by atoms with Crippen molar-refractivity contribution >= 4 is 0 Å². The van der Waals surface area contributed by atoms with E-state index in [0.29, 0.717) is 11.8 Å². The lowest BCUT2D eigenvalue weighted by Crippen LogP contribution is -2.50. The van der Waals surface area contributed by atoms with Gasteiger partial charge >= 0.3 is 0 Å². The fourth-order valence-electron chi connectivity index (χ4n) is 3.70. The topological polar surface area (TPSA) is 35.2 Å². The van der Waals surface area contributed by atoms with Crippen LogP contribution in [0.5, 0.6) is 0 Å². The maximum atomic E-state index is 6.57. The molecule has 1 aromatic rings. The summed E-state index contributed by atoms with van der Waals surface area (Å²) in [7, 11) is 0. The SMILES string of the molecule is CC(c1ccccc1)C(N)C1CCOC2(CCC2)C1. The van der Waals surface area contributed by atoms with Gasteiger partial charge in [0.25, 0.3) is 0 Å². The Morgan fingerprint density at radius 1 is 1.26 bits per heavy atom. The zero-order chi connectivity index (χ0) is 13.3. The molecule has 19 heavy (non-hydrogen) atoms. The van der Waals surface area contributed by atoms with Gasteiger partial charge in [0.2, 0.25) is 0 Å². The van der Waals surface area contributed by atoms with Crippen LogP contribution in [0.15, 0.2) is 30.3 Å². The van der Waals surface area contributed by atoms with E-state index in [-0.39, 0.29) is 11.6 Å². The summed E-state index contributed by atoms with van der Waals surface area (Å²) in [6.07, 6.45) is 6.12. The normalized spacial score (nSPS) is 28.6. The van der Waals surface area contributed by atoms with Gasteiger partial charge in [-0.3, -0.25) is 0 Å². The van der Waals surface area contributed by atoms with Crippen LogP contribution in [0.25, 0.3) is 0 Å². The summed E-state index contributed by atoms with van der Waals surface area (Å²) >= 11 is 0. The minimum Gasteiger partial charge on any atom is -0.375 e. The molecule has 1 spiro atoms. The van der Waals surface area contributed by atoms with Crippen LogP contribution in [0.2, 0.25) is 0 Å². The van der Waals surface area contributed by atoms with E-state index in [9.17, 15) is 0 Å². The molecule has 104 valence electrons. The lowest BCUT2D eigenvalue weighted by atomic mass is 9.68. The first-order valence-corrected chi connectivity index (χ1v) is 7.65. The molecule has 2 aliphatic rings. The maximum absolute atomic E-state index is 6.57. The molecule has 2 fully saturated rings. The summed E-state index contributed by atoms with van der Waals surface area (Å²) < 4.78 is 6.01. The van der Waals surface area contributed by atoms with E-state index in [1.807, 2.05) is 0 Å². The highest BCUT2D eigenvalue weighted by Crippen LogP contribution is 2.45. The lowest BCUT2D eigenvalue weighted by molar-refractivity contribution is -0.146. The number of hydrogen-bond acceptors (Lipinski definition) is 2. The largest absolute Gasteiger partial charge is 0.375 e. The van der Waals surface area contributed by atoms with Crippen LogP contribution in [0.4, 0.5) is 0 Å². The van der Waals surface area contributed by atoms with Crippen molar-refractivity contribution in [2.45, 2.75) is 56.6 Å². The third kappa shape index (κ3) is 2.56. The Labute approximate surface area is 116 Å². The van der Waals surface area contributed by atoms with Crippen LogP contribution < -0.4 is 5.73 Å². The van der Waals surface area contributed by atoms with Crippen LogP contribution in [0, 0.1) is 5.92 Å². The minimum atomic E-state index is 0.205. The second kappa shape index (κ2) is 5.26. The third-order valence-corrected chi connectivity index (χ3v) is 5.24. The number of benzene rings is 1. The summed E-state index contributed by atoms with van der Waals surface area (Å²) in [5, 5.41) is 0. The minimum absolute atomic E-state index is 0.205. The van der Waals surface area contributed by atoms with E-state index in [0.717, 1.165) is 13.0 Å². The van der Waals surface area contributed by atoms with Crippen molar-refractivity contribution in [1.82, 2.24) is 0 Å². The number of rotatable bonds is 3. The highest BCUT2D eigenvalue weighted by atomic mass is 16.5. The smallest absolute Gasteiger partial charge is 0.0685 e. The van der Waals surface area contributed by atoms with Gasteiger partial charge in [-0.05, 0) is 49.5 Å². The van der Waals surface area contributed by atoms with Crippen LogP contribution in [-0.2, 0) is 4.74 Å². The van der Waals surface area contributed by atoms with Gasteiger partial charge in [0.1, 0.15) is 0 Å². The number of ether oxygens (including phenoxy) is 1. The molecule has 1 saturated carbocycles. The van der Waals surface area contributed by atoms with Crippen molar-refractivity contribution in [1.29, 1.82) is 0 Å². The fraction of sp³-hybridized carbons (Fsp3) is 0.647. The Bertz CT molecular complexity index is 413. The molecule has 1 aliphatic carbocycles. The van der Waals surface area contributed by atoms with Gasteiger partial charge in [0, 0.05) is 12.6 Å². The molecule has 1 aliphatic heterocycles. The Morgan fingerprint density at radius 3 is 2.63 bits per heavy atom. The molecule has 2 heteroatoms. The quantitative estimate of drug-likeness (QED) is 0.902. The molecule has 1 aromatic carbocycles. The maximum Gasteiger partial charge on any atom is 0.0685 e. The zero-order valence-electron chi connectivity index (χ0n) is 11.8. The van der Waals surface area contributed by atoms with Crippen molar-refractivity contribution in [3.63, 3.8) is 0 Å². The molecule has 0 amide bonds. The molecule has 1 saturated heterocycles. The number of nitrogens with two attached hydrogens (primary N) is 1. The molecular weight excluding hydrogens is 234 g/mol. The molecule has 3 rings (SSSR count). The fourth-order valence-corrected chi connectivity index (χ4v) is 3.70. The average Bonchev–Trinajstić information content (AvgIpc) is 2.45. The molecule has 1 heterocycles. The van der Waals surface area contributed by atoms with E-state index in [1.165, 1.54) is 31.2 Å². The summed E-state index contributed by atoms with van der Waals surface area (Å²) in [5.41, 5.74) is 8.14. The summed E-state index contributed by atoms with van der Waals surface area (Å²) in [5.74, 6) is 1.05. The summed E-state index contributed by atoms with van der Waals surface area (Å²) in [6, 6.07) is 10.9. The zero-order valence-corrected chi connectivity index (χ0v) is 11.8. The second-order valence-corrected chi connectivity index (χ2v) is 6.41. The highest BCUT2D eigenvalue weighted by molar-refractivity contribution is 5.21. The molecular formula is C17H25NO. The van der Waals surface area contributed by atoms with Crippen molar-refractivity contribution in [3.05, 3.63) is 35.9 Å². The van der Waals surface area contributed by atoms with E-state index in [2.05, 4.69) is 37.3 Å². The van der Waals surface area contributed by atoms with Crippen LogP contribution in [-0.4, -0.2) is 18.2 Å². The van der Waals surface area contributed by atoms with Crippen molar-refractivity contribution in [2.75, 3.05) is 6.61 Å². The van der Waals surface area contributed by atoms with E-state index >= 15 is 0 Å². The van der Waals surface area contributed by atoms with Crippen LogP contribution >= 0.6 is 0 Å². The molecule has 2 nitrogen and oxygen atoms in total. The van der Waals surface area contributed by atoms with Crippen LogP contribution in [0.3, 0.4) is 0 Å². The highest BCUT2D eigenvalue weighted by Gasteiger charge is 2.44. The summed E-state index contributed by atoms with van der Waals surface area (Å²) in [6.45, 7) is 3.17. The van der Waals surface area contributed by atoms with Gasteiger partial charge in [0.05, 0.1) is 5.60 Å². The van der Waals surface area contributed by atoms with Gasteiger partial charge in [0.15, 0.2) is 0 Å².